The molecule has 1 saturated heterocycles. The largest absolute Gasteiger partial charge is 0.466 e. The predicted molar refractivity (Wildman–Crippen MR) is 76.0 cm³/mol. The molecule has 1 fully saturated rings. The Hall–Kier alpha value is -0.940. The highest BCUT2D eigenvalue weighted by atomic mass is 32.2. The molecule has 0 spiro atoms. The monoisotopic (exact) mass is 283 g/mol. The number of hydrogen-bond donors (Lipinski definition) is 0. The third-order valence-electron chi connectivity index (χ3n) is 3.08. The quantitative estimate of drug-likeness (QED) is 0.688. The Bertz CT molecular complexity index is 380. The van der Waals surface area contributed by atoms with E-state index in [0.29, 0.717) is 5.75 Å². The molecule has 1 atom stereocenters. The molecule has 0 aromatic carbocycles. The minimum absolute atomic E-state index is 0.0399. The Kier molecular flexibility index (Phi) is 5.79. The normalized spacial score (nSPS) is 19.3. The molecule has 2 heterocycles. The highest BCUT2D eigenvalue weighted by Gasteiger charge is 2.33. The van der Waals surface area contributed by atoms with Crippen LogP contribution in [0, 0.1) is 0 Å². The molecule has 1 aliphatic heterocycles. The van der Waals surface area contributed by atoms with Crippen molar-refractivity contribution in [3.05, 3.63) is 24.2 Å². The van der Waals surface area contributed by atoms with Crippen molar-refractivity contribution < 1.29 is 13.9 Å². The highest BCUT2D eigenvalue weighted by molar-refractivity contribution is 8.00. The molecule has 0 saturated carbocycles. The number of carbonyl (C=O) groups is 1. The number of amides is 1. The van der Waals surface area contributed by atoms with E-state index in [0.717, 1.165) is 44.8 Å². The van der Waals surface area contributed by atoms with Crippen LogP contribution in [0.4, 0.5) is 0 Å². The number of rotatable bonds is 8. The second-order valence-electron chi connectivity index (χ2n) is 4.59. The van der Waals surface area contributed by atoms with Gasteiger partial charge in [-0.05, 0) is 25.0 Å². The van der Waals surface area contributed by atoms with Gasteiger partial charge in [-0.3, -0.25) is 4.79 Å². The minimum atomic E-state index is 0.0399. The van der Waals surface area contributed by atoms with Crippen LogP contribution < -0.4 is 0 Å². The van der Waals surface area contributed by atoms with Crippen molar-refractivity contribution in [2.24, 2.45) is 0 Å². The lowest BCUT2D eigenvalue weighted by atomic mass is 10.3. The number of hydrogen-bond acceptors (Lipinski definition) is 4. The number of unbranched alkanes of at least 4 members (excludes halogenated alkanes) is 1. The summed E-state index contributed by atoms with van der Waals surface area (Å²) in [5, 5.41) is 0.0399. The Morgan fingerprint density at radius 3 is 3.05 bits per heavy atom. The van der Waals surface area contributed by atoms with Gasteiger partial charge in [0.2, 0.25) is 5.91 Å². The third kappa shape index (κ3) is 4.01. The molecule has 0 aliphatic carbocycles. The van der Waals surface area contributed by atoms with Crippen molar-refractivity contribution in [3.8, 4) is 0 Å². The lowest BCUT2D eigenvalue weighted by Crippen LogP contribution is -2.29. The van der Waals surface area contributed by atoms with Crippen LogP contribution in [0.15, 0.2) is 22.8 Å². The molecule has 1 unspecified atom stereocenters. The zero-order chi connectivity index (χ0) is 13.5. The summed E-state index contributed by atoms with van der Waals surface area (Å²) in [5.74, 6) is 1.60. The van der Waals surface area contributed by atoms with E-state index < -0.39 is 0 Å². The van der Waals surface area contributed by atoms with Gasteiger partial charge < -0.3 is 14.1 Å². The Morgan fingerprint density at radius 1 is 1.47 bits per heavy atom. The molecule has 1 aromatic rings. The van der Waals surface area contributed by atoms with E-state index in [1.165, 1.54) is 0 Å². The summed E-state index contributed by atoms with van der Waals surface area (Å²) in [6.45, 7) is 4.43. The van der Waals surface area contributed by atoms with E-state index in [1.54, 1.807) is 18.0 Å². The van der Waals surface area contributed by atoms with Crippen LogP contribution in [-0.2, 0) is 9.53 Å². The van der Waals surface area contributed by atoms with Crippen molar-refractivity contribution >= 4 is 17.7 Å². The maximum Gasteiger partial charge on any atom is 0.233 e. The summed E-state index contributed by atoms with van der Waals surface area (Å²) in [4.78, 5) is 13.8. The number of nitrogens with zero attached hydrogens (tertiary/aromatic N) is 1. The highest BCUT2D eigenvalue weighted by Crippen LogP contribution is 2.38. The van der Waals surface area contributed by atoms with Gasteiger partial charge in [0, 0.05) is 19.8 Å². The fourth-order valence-electron chi connectivity index (χ4n) is 2.05. The predicted octanol–water partition coefficient (Wildman–Crippen LogP) is 3.06. The average Bonchev–Trinajstić information content (AvgIpc) is 3.04. The Morgan fingerprint density at radius 2 is 2.32 bits per heavy atom. The van der Waals surface area contributed by atoms with Gasteiger partial charge in [0.25, 0.3) is 0 Å². The van der Waals surface area contributed by atoms with Crippen molar-refractivity contribution in [3.63, 3.8) is 0 Å². The van der Waals surface area contributed by atoms with Gasteiger partial charge >= 0.3 is 0 Å². The first-order chi connectivity index (χ1) is 9.33. The molecule has 1 aromatic heterocycles. The molecule has 106 valence electrons. The van der Waals surface area contributed by atoms with Gasteiger partial charge in [-0.2, -0.15) is 0 Å². The summed E-state index contributed by atoms with van der Waals surface area (Å²) in [6, 6.07) is 3.80. The third-order valence-corrected chi connectivity index (χ3v) is 4.30. The summed E-state index contributed by atoms with van der Waals surface area (Å²) in [7, 11) is 0. The van der Waals surface area contributed by atoms with Crippen molar-refractivity contribution in [1.82, 2.24) is 4.90 Å². The van der Waals surface area contributed by atoms with Crippen molar-refractivity contribution in [1.29, 1.82) is 0 Å². The van der Waals surface area contributed by atoms with Crippen LogP contribution in [-0.4, -0.2) is 36.3 Å². The second-order valence-corrected chi connectivity index (χ2v) is 5.65. The van der Waals surface area contributed by atoms with E-state index in [2.05, 4.69) is 6.92 Å². The summed E-state index contributed by atoms with van der Waals surface area (Å²) in [5.41, 5.74) is 0. The molecule has 5 heteroatoms. The average molecular weight is 283 g/mol. The van der Waals surface area contributed by atoms with E-state index in [-0.39, 0.29) is 11.3 Å². The first-order valence-electron chi connectivity index (χ1n) is 6.85. The maximum atomic E-state index is 11.9. The van der Waals surface area contributed by atoms with E-state index >= 15 is 0 Å². The first kappa shape index (κ1) is 14.5. The summed E-state index contributed by atoms with van der Waals surface area (Å²) >= 11 is 1.63. The van der Waals surface area contributed by atoms with Crippen LogP contribution in [0.25, 0.3) is 0 Å². The molecule has 1 aliphatic rings. The zero-order valence-corrected chi connectivity index (χ0v) is 12.2. The zero-order valence-electron chi connectivity index (χ0n) is 11.3. The molecule has 1 amide bonds. The fourth-order valence-corrected chi connectivity index (χ4v) is 3.22. The van der Waals surface area contributed by atoms with Gasteiger partial charge in [-0.25, -0.2) is 0 Å². The van der Waals surface area contributed by atoms with Crippen LogP contribution in [0.1, 0.15) is 37.3 Å². The Labute approximate surface area is 118 Å². The van der Waals surface area contributed by atoms with Gasteiger partial charge in [0.1, 0.15) is 11.1 Å². The first-order valence-corrected chi connectivity index (χ1v) is 7.90. The molecular weight excluding hydrogens is 262 g/mol. The molecule has 2 rings (SSSR count). The Balaban J connectivity index is 1.75. The van der Waals surface area contributed by atoms with Crippen molar-refractivity contribution in [2.45, 2.75) is 31.6 Å². The topological polar surface area (TPSA) is 42.7 Å². The lowest BCUT2D eigenvalue weighted by Gasteiger charge is -2.22. The standard InChI is InChI=1S/C14H21NO3S/c1-2-3-8-17-9-5-7-15-13(16)11-19-14(15)12-6-4-10-18-12/h4,6,10,14H,2-3,5,7-9,11H2,1H3. The minimum Gasteiger partial charge on any atom is -0.466 e. The molecule has 0 radical (unpaired) electrons. The molecule has 0 bridgehead atoms. The summed E-state index contributed by atoms with van der Waals surface area (Å²) < 4.78 is 10.9. The van der Waals surface area contributed by atoms with Crippen LogP contribution in [0.5, 0.6) is 0 Å². The second kappa shape index (κ2) is 7.60. The van der Waals surface area contributed by atoms with E-state index in [4.69, 9.17) is 9.15 Å². The number of thioether (sulfide) groups is 1. The SMILES string of the molecule is CCCCOCCCN1C(=O)CSC1c1ccco1. The van der Waals surface area contributed by atoms with Gasteiger partial charge in [-0.1, -0.05) is 13.3 Å². The van der Waals surface area contributed by atoms with Crippen LogP contribution in [0.3, 0.4) is 0 Å². The smallest absolute Gasteiger partial charge is 0.233 e. The van der Waals surface area contributed by atoms with Gasteiger partial charge in [0.15, 0.2) is 0 Å². The molecule has 4 nitrogen and oxygen atoms in total. The summed E-state index contributed by atoms with van der Waals surface area (Å²) in [6.07, 6.45) is 4.80. The molecule has 19 heavy (non-hydrogen) atoms. The number of furan rings is 1. The molecular formula is C14H21NO3S. The van der Waals surface area contributed by atoms with Crippen LogP contribution >= 0.6 is 11.8 Å². The van der Waals surface area contributed by atoms with E-state index in [9.17, 15) is 4.79 Å². The van der Waals surface area contributed by atoms with Gasteiger partial charge in [0.05, 0.1) is 12.0 Å². The fraction of sp³-hybridized carbons (Fsp3) is 0.643. The molecule has 0 N–H and O–H groups in total. The maximum absolute atomic E-state index is 11.9. The van der Waals surface area contributed by atoms with Gasteiger partial charge in [-0.15, -0.1) is 11.8 Å². The van der Waals surface area contributed by atoms with E-state index in [1.807, 2.05) is 17.0 Å². The van der Waals surface area contributed by atoms with Crippen LogP contribution in [0.2, 0.25) is 0 Å². The van der Waals surface area contributed by atoms with Crippen molar-refractivity contribution in [2.75, 3.05) is 25.5 Å². The number of carbonyl (C=O) groups excluding carboxylic acids is 1. The lowest BCUT2D eigenvalue weighted by molar-refractivity contribution is -0.128. The number of ether oxygens (including phenoxy) is 1.